The Morgan fingerprint density at radius 2 is 1.76 bits per heavy atom. The highest BCUT2D eigenvalue weighted by atomic mass is 15.1. The number of likely N-dealkylation sites (N-methyl/N-ethyl adjacent to an activating group) is 1. The molecule has 2 aromatic carbocycles. The molecular weight excluding hydrogens is 256 g/mol. The fourth-order valence-electron chi connectivity index (χ4n) is 3.13. The van der Waals surface area contributed by atoms with E-state index in [1.54, 1.807) is 0 Å². The molecule has 0 saturated carbocycles. The van der Waals surface area contributed by atoms with E-state index >= 15 is 0 Å². The number of rotatable bonds is 6. The van der Waals surface area contributed by atoms with Crippen LogP contribution >= 0.6 is 0 Å². The van der Waals surface area contributed by atoms with E-state index in [9.17, 15) is 0 Å². The summed E-state index contributed by atoms with van der Waals surface area (Å²) >= 11 is 0. The molecule has 0 spiro atoms. The Morgan fingerprint density at radius 1 is 1.00 bits per heavy atom. The molecule has 2 aromatic rings. The summed E-state index contributed by atoms with van der Waals surface area (Å²) in [5, 5.41) is 3.42. The lowest BCUT2D eigenvalue weighted by atomic mass is 10.0. The van der Waals surface area contributed by atoms with Crippen molar-refractivity contribution in [1.82, 2.24) is 5.32 Å². The lowest BCUT2D eigenvalue weighted by Gasteiger charge is -2.21. The molecule has 1 heterocycles. The molecule has 0 saturated heterocycles. The maximum atomic E-state index is 3.42. The van der Waals surface area contributed by atoms with E-state index in [0.29, 0.717) is 0 Å². The van der Waals surface area contributed by atoms with Crippen molar-refractivity contribution in [2.75, 3.05) is 24.5 Å². The maximum Gasteiger partial charge on any atom is 0.0432 e. The molecule has 21 heavy (non-hydrogen) atoms. The first-order valence-corrected chi connectivity index (χ1v) is 7.99. The van der Waals surface area contributed by atoms with E-state index in [0.717, 1.165) is 32.6 Å². The van der Waals surface area contributed by atoms with Gasteiger partial charge in [-0.05, 0) is 48.7 Å². The number of para-hydroxylation sites is 1. The summed E-state index contributed by atoms with van der Waals surface area (Å²) in [6.45, 7) is 6.43. The van der Waals surface area contributed by atoms with Crippen molar-refractivity contribution in [2.24, 2.45) is 0 Å². The van der Waals surface area contributed by atoms with Crippen molar-refractivity contribution in [3.63, 3.8) is 0 Å². The van der Waals surface area contributed by atoms with E-state index in [2.05, 4.69) is 65.7 Å². The van der Waals surface area contributed by atoms with Gasteiger partial charge < -0.3 is 10.2 Å². The molecule has 0 fully saturated rings. The zero-order chi connectivity index (χ0) is 14.5. The predicted molar refractivity (Wildman–Crippen MR) is 89.9 cm³/mol. The average molecular weight is 280 g/mol. The molecule has 0 amide bonds. The van der Waals surface area contributed by atoms with Gasteiger partial charge >= 0.3 is 0 Å². The molecule has 0 bridgehead atoms. The number of benzene rings is 2. The van der Waals surface area contributed by atoms with Gasteiger partial charge in [-0.15, -0.1) is 0 Å². The summed E-state index contributed by atoms with van der Waals surface area (Å²) in [5.74, 6) is 0. The van der Waals surface area contributed by atoms with Gasteiger partial charge in [-0.3, -0.25) is 0 Å². The molecule has 1 aliphatic heterocycles. The Balaban J connectivity index is 1.74. The third-order valence-electron chi connectivity index (χ3n) is 4.28. The Kier molecular flexibility index (Phi) is 4.56. The van der Waals surface area contributed by atoms with Gasteiger partial charge in [0, 0.05) is 18.8 Å². The minimum absolute atomic E-state index is 1.03. The van der Waals surface area contributed by atoms with Crippen LogP contribution in [0.25, 0.3) is 0 Å². The highest BCUT2D eigenvalue weighted by Gasteiger charge is 2.18. The highest BCUT2D eigenvalue weighted by Crippen LogP contribution is 2.29. The summed E-state index contributed by atoms with van der Waals surface area (Å²) in [6.07, 6.45) is 2.29. The summed E-state index contributed by atoms with van der Waals surface area (Å²) in [4.78, 5) is 2.52. The summed E-state index contributed by atoms with van der Waals surface area (Å²) in [5.41, 5.74) is 5.84. The largest absolute Gasteiger partial charge is 0.367 e. The molecule has 0 aliphatic carbocycles. The van der Waals surface area contributed by atoms with Crippen LogP contribution in [0.1, 0.15) is 23.6 Å². The lowest BCUT2D eigenvalue weighted by molar-refractivity contribution is 0.710. The molecule has 1 aliphatic rings. The van der Waals surface area contributed by atoms with Gasteiger partial charge in [0.25, 0.3) is 0 Å². The quantitative estimate of drug-likeness (QED) is 0.816. The fraction of sp³-hybridized carbons (Fsp3) is 0.368. The molecule has 3 rings (SSSR count). The average Bonchev–Trinajstić information content (AvgIpc) is 2.93. The summed E-state index contributed by atoms with van der Waals surface area (Å²) in [6, 6.07) is 17.7. The van der Waals surface area contributed by atoms with Crippen molar-refractivity contribution in [3.05, 3.63) is 65.2 Å². The number of nitrogens with one attached hydrogen (secondary N) is 1. The normalized spacial score (nSPS) is 13.5. The molecule has 2 heteroatoms. The molecular formula is C19H24N2. The molecule has 0 unspecified atom stereocenters. The second-order valence-electron chi connectivity index (χ2n) is 5.67. The van der Waals surface area contributed by atoms with Gasteiger partial charge in [-0.25, -0.2) is 0 Å². The van der Waals surface area contributed by atoms with Crippen LogP contribution in [-0.2, 0) is 19.4 Å². The van der Waals surface area contributed by atoms with E-state index < -0.39 is 0 Å². The van der Waals surface area contributed by atoms with Crippen molar-refractivity contribution < 1.29 is 0 Å². The monoisotopic (exact) mass is 280 g/mol. The van der Waals surface area contributed by atoms with Crippen molar-refractivity contribution in [3.8, 4) is 0 Å². The van der Waals surface area contributed by atoms with Gasteiger partial charge in [-0.1, -0.05) is 49.4 Å². The third kappa shape index (κ3) is 3.27. The Hall–Kier alpha value is -1.80. The fourth-order valence-corrected chi connectivity index (χ4v) is 3.13. The SMILES string of the molecule is CCNCCc1ccccc1CN1CCc2ccccc21. The van der Waals surface area contributed by atoms with Gasteiger partial charge in [0.05, 0.1) is 0 Å². The van der Waals surface area contributed by atoms with Gasteiger partial charge in [-0.2, -0.15) is 0 Å². The van der Waals surface area contributed by atoms with Crippen LogP contribution in [0, 0.1) is 0 Å². The Morgan fingerprint density at radius 3 is 2.62 bits per heavy atom. The Labute approximate surface area is 127 Å². The molecule has 110 valence electrons. The van der Waals surface area contributed by atoms with Crippen molar-refractivity contribution in [2.45, 2.75) is 26.3 Å². The van der Waals surface area contributed by atoms with E-state index in [1.807, 2.05) is 0 Å². The molecule has 0 atom stereocenters. The first-order valence-electron chi connectivity index (χ1n) is 7.99. The van der Waals surface area contributed by atoms with Crippen LogP contribution in [0.5, 0.6) is 0 Å². The Bertz CT molecular complexity index is 592. The van der Waals surface area contributed by atoms with Crippen LogP contribution < -0.4 is 10.2 Å². The van der Waals surface area contributed by atoms with Gasteiger partial charge in [0.1, 0.15) is 0 Å². The van der Waals surface area contributed by atoms with Crippen LogP contribution in [0.4, 0.5) is 5.69 Å². The number of anilines is 1. The van der Waals surface area contributed by atoms with Crippen LogP contribution in [0.3, 0.4) is 0 Å². The van der Waals surface area contributed by atoms with Crippen LogP contribution in [-0.4, -0.2) is 19.6 Å². The second-order valence-corrected chi connectivity index (χ2v) is 5.67. The minimum atomic E-state index is 1.03. The van der Waals surface area contributed by atoms with Crippen LogP contribution in [0.2, 0.25) is 0 Å². The van der Waals surface area contributed by atoms with E-state index in [4.69, 9.17) is 0 Å². The topological polar surface area (TPSA) is 15.3 Å². The number of hydrogen-bond donors (Lipinski definition) is 1. The van der Waals surface area contributed by atoms with Gasteiger partial charge in [0.2, 0.25) is 0 Å². The standard InChI is InChI=1S/C19H24N2/c1-2-20-13-11-16-7-3-4-9-18(16)15-21-14-12-17-8-5-6-10-19(17)21/h3-10,20H,2,11-15H2,1H3. The highest BCUT2D eigenvalue weighted by molar-refractivity contribution is 5.58. The van der Waals surface area contributed by atoms with Crippen molar-refractivity contribution >= 4 is 5.69 Å². The van der Waals surface area contributed by atoms with E-state index in [-0.39, 0.29) is 0 Å². The molecule has 0 aromatic heterocycles. The third-order valence-corrected chi connectivity index (χ3v) is 4.28. The molecule has 0 radical (unpaired) electrons. The minimum Gasteiger partial charge on any atom is -0.367 e. The summed E-state index contributed by atoms with van der Waals surface area (Å²) in [7, 11) is 0. The van der Waals surface area contributed by atoms with E-state index in [1.165, 1.54) is 28.8 Å². The predicted octanol–water partition coefficient (Wildman–Crippen LogP) is 3.40. The maximum absolute atomic E-state index is 3.42. The second kappa shape index (κ2) is 6.77. The van der Waals surface area contributed by atoms with Gasteiger partial charge in [0.15, 0.2) is 0 Å². The lowest BCUT2D eigenvalue weighted by Crippen LogP contribution is -2.22. The summed E-state index contributed by atoms with van der Waals surface area (Å²) < 4.78 is 0. The van der Waals surface area contributed by atoms with Crippen molar-refractivity contribution in [1.29, 1.82) is 0 Å². The first kappa shape index (κ1) is 14.2. The smallest absolute Gasteiger partial charge is 0.0432 e. The first-order chi connectivity index (χ1) is 10.4. The molecule has 2 nitrogen and oxygen atoms in total. The zero-order valence-electron chi connectivity index (χ0n) is 12.8. The molecule has 1 N–H and O–H groups in total. The number of fused-ring (bicyclic) bond motifs is 1. The number of nitrogens with zero attached hydrogens (tertiary/aromatic N) is 1. The number of hydrogen-bond acceptors (Lipinski definition) is 2. The van der Waals surface area contributed by atoms with Crippen LogP contribution in [0.15, 0.2) is 48.5 Å². The zero-order valence-corrected chi connectivity index (χ0v) is 12.8.